The van der Waals surface area contributed by atoms with E-state index in [1.165, 1.54) is 0 Å². The summed E-state index contributed by atoms with van der Waals surface area (Å²) in [7, 11) is 0. The first kappa shape index (κ1) is 18.5. The van der Waals surface area contributed by atoms with Crippen LogP contribution < -0.4 is 22.3 Å². The first-order valence-electron chi connectivity index (χ1n) is 8.57. The lowest BCUT2D eigenvalue weighted by Gasteiger charge is -2.13. The highest BCUT2D eigenvalue weighted by Crippen LogP contribution is 2.51. The highest BCUT2D eigenvalue weighted by molar-refractivity contribution is 5.91. The molecule has 1 aliphatic carbocycles. The number of nitrogen functional groups attached to an aromatic ring is 1. The third-order valence-corrected chi connectivity index (χ3v) is 4.56. The molecule has 1 saturated carbocycles. The molecule has 0 spiro atoms. The number of pyridine rings is 1. The van der Waals surface area contributed by atoms with Crippen LogP contribution >= 0.6 is 0 Å². The van der Waals surface area contributed by atoms with Gasteiger partial charge in [0.05, 0.1) is 0 Å². The Morgan fingerprint density at radius 1 is 1.22 bits per heavy atom. The summed E-state index contributed by atoms with van der Waals surface area (Å²) in [6, 6.07) is 10.7. The number of urea groups is 1. The van der Waals surface area contributed by atoms with Crippen LogP contribution in [0.1, 0.15) is 19.8 Å². The minimum Gasteiger partial charge on any atom is -0.415 e. The van der Waals surface area contributed by atoms with Crippen LogP contribution in [0, 0.1) is 5.41 Å². The summed E-state index contributed by atoms with van der Waals surface area (Å²) >= 11 is 0. The molecular weight excluding hydrogens is 342 g/mol. The van der Waals surface area contributed by atoms with E-state index >= 15 is 0 Å². The van der Waals surface area contributed by atoms with Crippen LogP contribution in [0.5, 0.6) is 0 Å². The van der Waals surface area contributed by atoms with E-state index in [2.05, 4.69) is 29.1 Å². The number of benzene rings is 1. The SMILES string of the molecule is C=C(/C=C(\ON)C1(C)CC1)NC(=O)Nc1ccc(-c2ccc(N)nc2)cc1. The number of nitrogens with one attached hydrogen (secondary N) is 2. The number of rotatable bonds is 6. The first-order chi connectivity index (χ1) is 12.9. The van der Waals surface area contributed by atoms with Crippen molar-refractivity contribution in [3.8, 4) is 11.1 Å². The van der Waals surface area contributed by atoms with Crippen LogP contribution in [0.4, 0.5) is 16.3 Å². The quantitative estimate of drug-likeness (QED) is 0.355. The van der Waals surface area contributed by atoms with E-state index in [9.17, 15) is 4.79 Å². The Hall–Kier alpha value is -3.32. The summed E-state index contributed by atoms with van der Waals surface area (Å²) in [5, 5.41) is 5.42. The molecule has 7 nitrogen and oxygen atoms in total. The van der Waals surface area contributed by atoms with Gasteiger partial charge in [0.25, 0.3) is 0 Å². The second-order valence-corrected chi connectivity index (χ2v) is 6.84. The molecule has 6 N–H and O–H groups in total. The van der Waals surface area contributed by atoms with E-state index in [0.29, 0.717) is 23.0 Å². The maximum Gasteiger partial charge on any atom is 0.323 e. The van der Waals surface area contributed by atoms with Crippen LogP contribution in [-0.4, -0.2) is 11.0 Å². The van der Waals surface area contributed by atoms with Crippen molar-refractivity contribution >= 4 is 17.5 Å². The van der Waals surface area contributed by atoms with Gasteiger partial charge < -0.3 is 21.2 Å². The van der Waals surface area contributed by atoms with Crippen LogP contribution in [0.3, 0.4) is 0 Å². The van der Waals surface area contributed by atoms with E-state index in [0.717, 1.165) is 24.0 Å². The number of allylic oxidation sites excluding steroid dienone is 2. The molecule has 0 saturated heterocycles. The van der Waals surface area contributed by atoms with Crippen LogP contribution in [0.15, 0.2) is 66.7 Å². The summed E-state index contributed by atoms with van der Waals surface area (Å²) in [4.78, 5) is 21.1. The van der Waals surface area contributed by atoms with Gasteiger partial charge in [-0.15, -0.1) is 0 Å². The average Bonchev–Trinajstić information content (AvgIpc) is 3.39. The Bertz CT molecular complexity index is 868. The van der Waals surface area contributed by atoms with Gasteiger partial charge in [0.1, 0.15) is 11.6 Å². The van der Waals surface area contributed by atoms with Crippen LogP contribution in [0.2, 0.25) is 0 Å². The number of hydrogen-bond acceptors (Lipinski definition) is 5. The monoisotopic (exact) mass is 365 g/mol. The van der Waals surface area contributed by atoms with Crippen molar-refractivity contribution < 1.29 is 9.63 Å². The molecule has 1 aliphatic rings. The number of nitrogens with two attached hydrogens (primary N) is 2. The summed E-state index contributed by atoms with van der Waals surface area (Å²) in [5.74, 6) is 6.42. The first-order valence-corrected chi connectivity index (χ1v) is 8.57. The molecule has 7 heteroatoms. The fourth-order valence-corrected chi connectivity index (χ4v) is 2.61. The predicted molar refractivity (Wildman–Crippen MR) is 106 cm³/mol. The Balaban J connectivity index is 1.58. The molecule has 0 aliphatic heterocycles. The zero-order valence-corrected chi connectivity index (χ0v) is 15.2. The summed E-state index contributed by atoms with van der Waals surface area (Å²) < 4.78 is 0. The molecule has 2 aromatic rings. The van der Waals surface area contributed by atoms with Gasteiger partial charge in [0.2, 0.25) is 0 Å². The number of anilines is 2. The molecule has 0 bridgehead atoms. The number of carbonyl (C=O) groups is 1. The van der Waals surface area contributed by atoms with E-state index in [-0.39, 0.29) is 5.41 Å². The number of hydrogen-bond donors (Lipinski definition) is 4. The van der Waals surface area contributed by atoms with Crippen molar-refractivity contribution in [1.82, 2.24) is 10.3 Å². The second kappa shape index (κ2) is 7.51. The zero-order chi connectivity index (χ0) is 19.4. The van der Waals surface area contributed by atoms with E-state index in [4.69, 9.17) is 16.5 Å². The Morgan fingerprint density at radius 3 is 2.44 bits per heavy atom. The fraction of sp³-hybridized carbons (Fsp3) is 0.200. The van der Waals surface area contributed by atoms with Gasteiger partial charge in [-0.1, -0.05) is 25.6 Å². The largest absolute Gasteiger partial charge is 0.415 e. The molecule has 140 valence electrons. The van der Waals surface area contributed by atoms with Crippen molar-refractivity contribution in [2.24, 2.45) is 11.3 Å². The Morgan fingerprint density at radius 2 is 1.89 bits per heavy atom. The lowest BCUT2D eigenvalue weighted by molar-refractivity contribution is 0.179. The second-order valence-electron chi connectivity index (χ2n) is 6.84. The standard InChI is InChI=1S/C20H23N5O2/c1-13(11-17(27-22)20(2)9-10-20)24-19(26)25-16-6-3-14(4-7-16)15-5-8-18(21)23-12-15/h3-8,11-12H,1,9-10,22H2,2H3,(H2,21,23)(H2,24,25,26)/b17-11-. The summed E-state index contributed by atoms with van der Waals surface area (Å²) in [5.41, 5.74) is 8.53. The lowest BCUT2D eigenvalue weighted by Crippen LogP contribution is -2.27. The molecule has 1 fully saturated rings. The highest BCUT2D eigenvalue weighted by Gasteiger charge is 2.43. The summed E-state index contributed by atoms with van der Waals surface area (Å²) in [6.45, 7) is 5.88. The molecule has 1 heterocycles. The minimum atomic E-state index is -0.393. The van der Waals surface area contributed by atoms with Crippen molar-refractivity contribution in [2.45, 2.75) is 19.8 Å². The van der Waals surface area contributed by atoms with Gasteiger partial charge >= 0.3 is 6.03 Å². The molecule has 1 aromatic heterocycles. The van der Waals surface area contributed by atoms with Gasteiger partial charge in [-0.3, -0.25) is 0 Å². The van der Waals surface area contributed by atoms with Gasteiger partial charge in [-0.25, -0.2) is 9.78 Å². The number of nitrogens with zero attached hydrogens (tertiary/aromatic N) is 1. The third-order valence-electron chi connectivity index (χ3n) is 4.56. The molecular formula is C20H23N5O2. The van der Waals surface area contributed by atoms with Crippen molar-refractivity contribution in [2.75, 3.05) is 11.1 Å². The highest BCUT2D eigenvalue weighted by atomic mass is 16.6. The van der Waals surface area contributed by atoms with Crippen LogP contribution in [0.25, 0.3) is 11.1 Å². The van der Waals surface area contributed by atoms with Crippen molar-refractivity contribution in [1.29, 1.82) is 0 Å². The zero-order valence-electron chi connectivity index (χ0n) is 15.2. The number of aromatic nitrogens is 1. The Kier molecular flexibility index (Phi) is 5.14. The molecule has 3 rings (SSSR count). The summed E-state index contributed by atoms with van der Waals surface area (Å²) in [6.07, 6.45) is 5.37. The van der Waals surface area contributed by atoms with Crippen molar-refractivity contribution in [3.63, 3.8) is 0 Å². The smallest absolute Gasteiger partial charge is 0.323 e. The minimum absolute atomic E-state index is 0.0529. The predicted octanol–water partition coefficient (Wildman–Crippen LogP) is 3.54. The van der Waals surface area contributed by atoms with Crippen LogP contribution in [-0.2, 0) is 4.84 Å². The molecule has 0 radical (unpaired) electrons. The average molecular weight is 365 g/mol. The normalized spacial score (nSPS) is 15.0. The third kappa shape index (κ3) is 4.65. The van der Waals surface area contributed by atoms with E-state index in [1.54, 1.807) is 18.3 Å². The maximum absolute atomic E-state index is 12.1. The molecule has 1 aromatic carbocycles. The van der Waals surface area contributed by atoms with E-state index in [1.807, 2.05) is 30.3 Å². The molecule has 0 unspecified atom stereocenters. The number of amides is 2. The lowest BCUT2D eigenvalue weighted by atomic mass is 10.1. The van der Waals surface area contributed by atoms with Gasteiger partial charge in [-0.2, -0.15) is 5.90 Å². The fourth-order valence-electron chi connectivity index (χ4n) is 2.61. The van der Waals surface area contributed by atoms with Crippen molar-refractivity contribution in [3.05, 3.63) is 66.7 Å². The molecule has 27 heavy (non-hydrogen) atoms. The molecule has 0 atom stereocenters. The number of carbonyl (C=O) groups excluding carboxylic acids is 1. The van der Waals surface area contributed by atoms with E-state index < -0.39 is 6.03 Å². The molecule has 2 amide bonds. The topological polar surface area (TPSA) is 115 Å². The van der Waals surface area contributed by atoms with Gasteiger partial charge in [0, 0.05) is 34.6 Å². The van der Waals surface area contributed by atoms with Gasteiger partial charge in [-0.05, 0) is 42.7 Å². The maximum atomic E-state index is 12.1. The Labute approximate surface area is 158 Å². The van der Waals surface area contributed by atoms with Gasteiger partial charge in [0.15, 0.2) is 0 Å².